The Kier molecular flexibility index (Phi) is 3.58. The zero-order chi connectivity index (χ0) is 12.3. The number of benzene rings is 1. The Morgan fingerprint density at radius 3 is 3.00 bits per heavy atom. The summed E-state index contributed by atoms with van der Waals surface area (Å²) in [6.45, 7) is 0. The molecule has 0 aliphatic carbocycles. The van der Waals surface area contributed by atoms with E-state index in [1.165, 1.54) is 0 Å². The lowest BCUT2D eigenvalue weighted by Crippen LogP contribution is -2.00. The van der Waals surface area contributed by atoms with Gasteiger partial charge in [0, 0.05) is 22.8 Å². The van der Waals surface area contributed by atoms with E-state index >= 15 is 0 Å². The van der Waals surface area contributed by atoms with Crippen LogP contribution in [0.2, 0.25) is 0 Å². The highest BCUT2D eigenvalue weighted by molar-refractivity contribution is 9.10. The number of aliphatic carboxylic acids is 1. The number of carbonyl (C=O) groups is 1. The molecule has 0 radical (unpaired) electrons. The molecule has 88 valence electrons. The Hall–Kier alpha value is -1.62. The van der Waals surface area contributed by atoms with Gasteiger partial charge in [0.2, 0.25) is 0 Å². The fourth-order valence-electron chi connectivity index (χ4n) is 1.59. The van der Waals surface area contributed by atoms with Crippen molar-refractivity contribution in [1.29, 1.82) is 0 Å². The average Bonchev–Trinajstić information content (AvgIpc) is 2.64. The first-order chi connectivity index (χ1) is 8.13. The molecule has 4 nitrogen and oxygen atoms in total. The van der Waals surface area contributed by atoms with Crippen LogP contribution >= 0.6 is 15.9 Å². The van der Waals surface area contributed by atoms with Crippen LogP contribution in [-0.4, -0.2) is 21.0 Å². The molecular weight excluding hydrogens is 284 g/mol. The van der Waals surface area contributed by atoms with Gasteiger partial charge in [0.1, 0.15) is 5.82 Å². The fourth-order valence-corrected chi connectivity index (χ4v) is 2.04. The number of nitrogens with one attached hydrogen (secondary N) is 1. The fraction of sp³-hybridized carbons (Fsp3) is 0.167. The molecule has 0 saturated heterocycles. The number of carboxylic acid groups (broad SMARTS) is 1. The summed E-state index contributed by atoms with van der Waals surface area (Å²) in [6, 6.07) is 7.94. The predicted molar refractivity (Wildman–Crippen MR) is 66.9 cm³/mol. The second kappa shape index (κ2) is 5.14. The SMILES string of the molecule is O=C(O)Cc1cnc(Cc2cccc(Br)c2)[nH]1. The minimum Gasteiger partial charge on any atom is -0.481 e. The number of hydrogen-bond donors (Lipinski definition) is 2. The van der Waals surface area contributed by atoms with Crippen LogP contribution in [-0.2, 0) is 17.6 Å². The lowest BCUT2D eigenvalue weighted by molar-refractivity contribution is -0.136. The molecule has 0 spiro atoms. The first-order valence-corrected chi connectivity index (χ1v) is 5.92. The van der Waals surface area contributed by atoms with Gasteiger partial charge in [0.15, 0.2) is 0 Å². The Labute approximate surface area is 107 Å². The van der Waals surface area contributed by atoms with Crippen molar-refractivity contribution < 1.29 is 9.90 Å². The number of H-pyrrole nitrogens is 1. The van der Waals surface area contributed by atoms with Crippen LogP contribution < -0.4 is 0 Å². The van der Waals surface area contributed by atoms with Crippen LogP contribution in [0.4, 0.5) is 0 Å². The molecular formula is C12H11BrN2O2. The average molecular weight is 295 g/mol. The first kappa shape index (κ1) is 11.9. The molecule has 1 heterocycles. The summed E-state index contributed by atoms with van der Waals surface area (Å²) >= 11 is 3.41. The third kappa shape index (κ3) is 3.42. The number of nitrogens with zero attached hydrogens (tertiary/aromatic N) is 1. The Morgan fingerprint density at radius 1 is 1.47 bits per heavy atom. The minimum atomic E-state index is -0.859. The van der Waals surface area contributed by atoms with E-state index in [1.54, 1.807) is 6.20 Å². The maximum absolute atomic E-state index is 10.5. The summed E-state index contributed by atoms with van der Waals surface area (Å²) < 4.78 is 1.02. The van der Waals surface area contributed by atoms with Gasteiger partial charge in [-0.1, -0.05) is 28.1 Å². The maximum atomic E-state index is 10.5. The van der Waals surface area contributed by atoms with Crippen LogP contribution in [0.25, 0.3) is 0 Å². The molecule has 2 aromatic rings. The molecule has 0 aliphatic heterocycles. The van der Waals surface area contributed by atoms with Gasteiger partial charge in [-0.3, -0.25) is 4.79 Å². The quantitative estimate of drug-likeness (QED) is 0.910. The third-order valence-corrected chi connectivity index (χ3v) is 2.78. The highest BCUT2D eigenvalue weighted by atomic mass is 79.9. The minimum absolute atomic E-state index is 0.0223. The molecule has 0 amide bonds. The van der Waals surface area contributed by atoms with E-state index in [1.807, 2.05) is 24.3 Å². The zero-order valence-corrected chi connectivity index (χ0v) is 10.6. The van der Waals surface area contributed by atoms with Gasteiger partial charge in [-0.25, -0.2) is 4.98 Å². The normalized spacial score (nSPS) is 10.4. The maximum Gasteiger partial charge on any atom is 0.309 e. The number of aromatic amines is 1. The van der Waals surface area contributed by atoms with Crippen molar-refractivity contribution in [2.24, 2.45) is 0 Å². The van der Waals surface area contributed by atoms with Crippen molar-refractivity contribution in [3.63, 3.8) is 0 Å². The van der Waals surface area contributed by atoms with Crippen molar-refractivity contribution in [2.75, 3.05) is 0 Å². The van der Waals surface area contributed by atoms with Crippen molar-refractivity contribution >= 4 is 21.9 Å². The Bertz CT molecular complexity index is 537. The van der Waals surface area contributed by atoms with E-state index < -0.39 is 5.97 Å². The van der Waals surface area contributed by atoms with Crippen molar-refractivity contribution in [1.82, 2.24) is 9.97 Å². The summed E-state index contributed by atoms with van der Waals surface area (Å²) in [5.41, 5.74) is 1.75. The molecule has 0 unspecified atom stereocenters. The van der Waals surface area contributed by atoms with Gasteiger partial charge in [-0.2, -0.15) is 0 Å². The standard InChI is InChI=1S/C12H11BrN2O2/c13-9-3-1-2-8(4-9)5-11-14-7-10(15-11)6-12(16)17/h1-4,7H,5-6H2,(H,14,15)(H,16,17). The summed E-state index contributed by atoms with van der Waals surface area (Å²) in [4.78, 5) is 17.7. The monoisotopic (exact) mass is 294 g/mol. The highest BCUT2D eigenvalue weighted by Crippen LogP contribution is 2.14. The van der Waals surface area contributed by atoms with Crippen molar-refractivity contribution in [3.05, 3.63) is 52.0 Å². The van der Waals surface area contributed by atoms with Gasteiger partial charge in [0.05, 0.1) is 6.42 Å². The number of aromatic nitrogens is 2. The van der Waals surface area contributed by atoms with Crippen molar-refractivity contribution in [3.8, 4) is 0 Å². The largest absolute Gasteiger partial charge is 0.481 e. The second-order valence-corrected chi connectivity index (χ2v) is 4.65. The van der Waals surface area contributed by atoms with E-state index in [-0.39, 0.29) is 6.42 Å². The van der Waals surface area contributed by atoms with E-state index in [0.29, 0.717) is 12.1 Å². The van der Waals surface area contributed by atoms with Crippen LogP contribution in [0.15, 0.2) is 34.9 Å². The molecule has 2 N–H and O–H groups in total. The van der Waals surface area contributed by atoms with E-state index in [4.69, 9.17) is 5.11 Å². The molecule has 0 aliphatic rings. The first-order valence-electron chi connectivity index (χ1n) is 5.12. The smallest absolute Gasteiger partial charge is 0.309 e. The van der Waals surface area contributed by atoms with Crippen LogP contribution in [0.1, 0.15) is 17.1 Å². The number of halogens is 1. The number of hydrogen-bond acceptors (Lipinski definition) is 2. The number of rotatable bonds is 4. The lowest BCUT2D eigenvalue weighted by atomic mass is 10.1. The Balaban J connectivity index is 2.08. The third-order valence-electron chi connectivity index (χ3n) is 2.28. The highest BCUT2D eigenvalue weighted by Gasteiger charge is 2.05. The molecule has 1 aromatic heterocycles. The van der Waals surface area contributed by atoms with E-state index in [9.17, 15) is 4.79 Å². The topological polar surface area (TPSA) is 66.0 Å². The molecule has 17 heavy (non-hydrogen) atoms. The van der Waals surface area contributed by atoms with E-state index in [2.05, 4.69) is 25.9 Å². The lowest BCUT2D eigenvalue weighted by Gasteiger charge is -1.99. The summed E-state index contributed by atoms with van der Waals surface area (Å²) in [6.07, 6.45) is 2.21. The summed E-state index contributed by atoms with van der Waals surface area (Å²) in [5.74, 6) is -0.0815. The van der Waals surface area contributed by atoms with Gasteiger partial charge >= 0.3 is 5.97 Å². The van der Waals surface area contributed by atoms with Crippen LogP contribution in [0.5, 0.6) is 0 Å². The molecule has 0 bridgehead atoms. The number of imidazole rings is 1. The van der Waals surface area contributed by atoms with Crippen LogP contribution in [0.3, 0.4) is 0 Å². The molecule has 0 fully saturated rings. The molecule has 0 atom stereocenters. The molecule has 0 saturated carbocycles. The van der Waals surface area contributed by atoms with Gasteiger partial charge in [0.25, 0.3) is 0 Å². The van der Waals surface area contributed by atoms with E-state index in [0.717, 1.165) is 15.9 Å². The summed E-state index contributed by atoms with van der Waals surface area (Å²) in [5, 5.41) is 8.65. The number of carboxylic acids is 1. The van der Waals surface area contributed by atoms with Gasteiger partial charge < -0.3 is 10.1 Å². The molecule has 5 heteroatoms. The zero-order valence-electron chi connectivity index (χ0n) is 8.98. The van der Waals surface area contributed by atoms with Gasteiger partial charge in [-0.05, 0) is 17.7 Å². The summed E-state index contributed by atoms with van der Waals surface area (Å²) in [7, 11) is 0. The molecule has 1 aromatic carbocycles. The van der Waals surface area contributed by atoms with Crippen LogP contribution in [0, 0.1) is 0 Å². The predicted octanol–water partition coefficient (Wildman–Crippen LogP) is 2.39. The second-order valence-electron chi connectivity index (χ2n) is 3.73. The molecule has 2 rings (SSSR count). The Morgan fingerprint density at radius 2 is 2.29 bits per heavy atom. The van der Waals surface area contributed by atoms with Gasteiger partial charge in [-0.15, -0.1) is 0 Å². The van der Waals surface area contributed by atoms with Crippen molar-refractivity contribution in [2.45, 2.75) is 12.8 Å².